The van der Waals surface area contributed by atoms with Gasteiger partial charge in [-0.3, -0.25) is 0 Å². The summed E-state index contributed by atoms with van der Waals surface area (Å²) in [4.78, 5) is 0. The van der Waals surface area contributed by atoms with E-state index in [4.69, 9.17) is 23.2 Å². The molecule has 1 aromatic carbocycles. The summed E-state index contributed by atoms with van der Waals surface area (Å²) in [7, 11) is 0. The van der Waals surface area contributed by atoms with E-state index in [1.165, 1.54) is 0 Å². The molecule has 1 rings (SSSR count). The van der Waals surface area contributed by atoms with Crippen LogP contribution in [0.25, 0.3) is 0 Å². The van der Waals surface area contributed by atoms with E-state index in [0.29, 0.717) is 22.0 Å². The Bertz CT molecular complexity index is 363. The van der Waals surface area contributed by atoms with Gasteiger partial charge in [-0.25, -0.2) is 0 Å². The molecule has 0 heterocycles. The van der Waals surface area contributed by atoms with Crippen molar-refractivity contribution >= 4 is 23.2 Å². The van der Waals surface area contributed by atoms with Gasteiger partial charge in [0.1, 0.15) is 0 Å². The highest BCUT2D eigenvalue weighted by atomic mass is 35.5. The number of hydrogen-bond acceptors (Lipinski definition) is 1. The standard InChI is InChI=1S/C14H21Cl2N/c1-9(2)8-10(3)17-11(4)12-6-5-7-13(15)14(12)16/h5-7,9-11,17H,8H2,1-4H3. The molecule has 0 fully saturated rings. The van der Waals surface area contributed by atoms with E-state index in [1.54, 1.807) is 0 Å². The maximum Gasteiger partial charge on any atom is 0.0639 e. The first-order chi connectivity index (χ1) is 7.91. The van der Waals surface area contributed by atoms with Crippen molar-refractivity contribution in [3.63, 3.8) is 0 Å². The van der Waals surface area contributed by atoms with Crippen LogP contribution in [0.1, 0.15) is 45.7 Å². The zero-order valence-corrected chi connectivity index (χ0v) is 12.4. The highest BCUT2D eigenvalue weighted by molar-refractivity contribution is 6.42. The fraction of sp³-hybridized carbons (Fsp3) is 0.571. The Kier molecular flexibility index (Phi) is 5.78. The molecule has 1 aromatic rings. The molecule has 1 N–H and O–H groups in total. The summed E-state index contributed by atoms with van der Waals surface area (Å²) < 4.78 is 0. The van der Waals surface area contributed by atoms with Crippen LogP contribution in [0, 0.1) is 5.92 Å². The normalized spacial score (nSPS) is 15.0. The summed E-state index contributed by atoms with van der Waals surface area (Å²) in [5.41, 5.74) is 1.06. The summed E-state index contributed by atoms with van der Waals surface area (Å²) in [5, 5.41) is 4.83. The summed E-state index contributed by atoms with van der Waals surface area (Å²) in [6.07, 6.45) is 1.16. The molecule has 0 aliphatic rings. The van der Waals surface area contributed by atoms with Gasteiger partial charge in [-0.2, -0.15) is 0 Å². The molecule has 0 aliphatic carbocycles. The predicted octanol–water partition coefficient (Wildman–Crippen LogP) is 5.08. The van der Waals surface area contributed by atoms with Crippen LogP contribution in [0.15, 0.2) is 18.2 Å². The minimum absolute atomic E-state index is 0.218. The summed E-state index contributed by atoms with van der Waals surface area (Å²) in [5.74, 6) is 0.694. The van der Waals surface area contributed by atoms with E-state index in [9.17, 15) is 0 Å². The monoisotopic (exact) mass is 273 g/mol. The van der Waals surface area contributed by atoms with Gasteiger partial charge >= 0.3 is 0 Å². The molecule has 0 radical (unpaired) electrons. The van der Waals surface area contributed by atoms with E-state index in [-0.39, 0.29) is 6.04 Å². The molecule has 0 spiro atoms. The van der Waals surface area contributed by atoms with Crippen LogP contribution < -0.4 is 5.32 Å². The molecule has 3 heteroatoms. The number of benzene rings is 1. The van der Waals surface area contributed by atoms with Crippen molar-refractivity contribution < 1.29 is 0 Å². The first kappa shape index (κ1) is 14.8. The molecule has 0 amide bonds. The van der Waals surface area contributed by atoms with Gasteiger partial charge in [0, 0.05) is 12.1 Å². The van der Waals surface area contributed by atoms with Crippen LogP contribution >= 0.6 is 23.2 Å². The molecule has 0 aromatic heterocycles. The molecule has 0 saturated carbocycles. The molecule has 1 nitrogen and oxygen atoms in total. The average Bonchev–Trinajstić information content (AvgIpc) is 2.20. The van der Waals surface area contributed by atoms with Crippen molar-refractivity contribution in [2.45, 2.75) is 46.2 Å². The second kappa shape index (κ2) is 6.63. The largest absolute Gasteiger partial charge is 0.308 e. The van der Waals surface area contributed by atoms with E-state index >= 15 is 0 Å². The van der Waals surface area contributed by atoms with Gasteiger partial charge in [-0.15, -0.1) is 0 Å². The number of hydrogen-bond donors (Lipinski definition) is 1. The summed E-state index contributed by atoms with van der Waals surface area (Å²) >= 11 is 12.2. The second-order valence-electron chi connectivity index (χ2n) is 5.06. The van der Waals surface area contributed by atoms with E-state index in [2.05, 4.69) is 33.0 Å². The fourth-order valence-electron chi connectivity index (χ4n) is 2.15. The van der Waals surface area contributed by atoms with Crippen molar-refractivity contribution in [2.24, 2.45) is 5.92 Å². The zero-order valence-electron chi connectivity index (χ0n) is 10.9. The van der Waals surface area contributed by atoms with Crippen LogP contribution in [-0.4, -0.2) is 6.04 Å². The van der Waals surface area contributed by atoms with Crippen molar-refractivity contribution in [3.8, 4) is 0 Å². The Morgan fingerprint density at radius 2 is 1.76 bits per heavy atom. The molecule has 0 aliphatic heterocycles. The SMILES string of the molecule is CC(C)CC(C)NC(C)c1cccc(Cl)c1Cl. The van der Waals surface area contributed by atoms with Gasteiger partial charge < -0.3 is 5.32 Å². The Morgan fingerprint density at radius 1 is 1.12 bits per heavy atom. The van der Waals surface area contributed by atoms with Crippen LogP contribution in [-0.2, 0) is 0 Å². The van der Waals surface area contributed by atoms with Gasteiger partial charge in [0.2, 0.25) is 0 Å². The molecule has 2 unspecified atom stereocenters. The van der Waals surface area contributed by atoms with Gasteiger partial charge in [0.05, 0.1) is 10.0 Å². The Balaban J connectivity index is 2.69. The minimum Gasteiger partial charge on any atom is -0.308 e. The molecule has 0 bridgehead atoms. The summed E-state index contributed by atoms with van der Waals surface area (Å²) in [6.45, 7) is 8.79. The smallest absolute Gasteiger partial charge is 0.0639 e. The third kappa shape index (κ3) is 4.50. The van der Waals surface area contributed by atoms with E-state index in [1.807, 2.05) is 18.2 Å². The minimum atomic E-state index is 0.218. The van der Waals surface area contributed by atoms with Crippen LogP contribution in [0.2, 0.25) is 10.0 Å². The van der Waals surface area contributed by atoms with E-state index < -0.39 is 0 Å². The van der Waals surface area contributed by atoms with Crippen molar-refractivity contribution in [3.05, 3.63) is 33.8 Å². The molecular weight excluding hydrogens is 253 g/mol. The molecule has 17 heavy (non-hydrogen) atoms. The Hall–Kier alpha value is -0.240. The van der Waals surface area contributed by atoms with Crippen LogP contribution in [0.3, 0.4) is 0 Å². The topological polar surface area (TPSA) is 12.0 Å². The molecule has 2 atom stereocenters. The lowest BCUT2D eigenvalue weighted by Crippen LogP contribution is -2.30. The number of halogens is 2. The molecule has 0 saturated heterocycles. The van der Waals surface area contributed by atoms with Gasteiger partial charge in [0.15, 0.2) is 0 Å². The predicted molar refractivity (Wildman–Crippen MR) is 76.9 cm³/mol. The third-order valence-corrected chi connectivity index (χ3v) is 3.64. The number of nitrogens with one attached hydrogen (secondary N) is 1. The summed E-state index contributed by atoms with van der Waals surface area (Å²) in [6, 6.07) is 6.47. The first-order valence-corrected chi connectivity index (χ1v) is 6.87. The van der Waals surface area contributed by atoms with Gasteiger partial charge in [0.25, 0.3) is 0 Å². The first-order valence-electron chi connectivity index (χ1n) is 6.11. The maximum atomic E-state index is 6.21. The highest BCUT2D eigenvalue weighted by Gasteiger charge is 2.14. The molecular formula is C14H21Cl2N. The third-order valence-electron chi connectivity index (χ3n) is 2.81. The lowest BCUT2D eigenvalue weighted by Gasteiger charge is -2.22. The van der Waals surface area contributed by atoms with Crippen molar-refractivity contribution in [2.75, 3.05) is 0 Å². The van der Waals surface area contributed by atoms with Crippen LogP contribution in [0.4, 0.5) is 0 Å². The second-order valence-corrected chi connectivity index (χ2v) is 5.85. The van der Waals surface area contributed by atoms with Gasteiger partial charge in [-0.1, -0.05) is 49.2 Å². The van der Waals surface area contributed by atoms with Gasteiger partial charge in [-0.05, 0) is 37.8 Å². The lowest BCUT2D eigenvalue weighted by atomic mass is 10.0. The quantitative estimate of drug-likeness (QED) is 0.789. The maximum absolute atomic E-state index is 6.21. The Morgan fingerprint density at radius 3 is 2.35 bits per heavy atom. The lowest BCUT2D eigenvalue weighted by molar-refractivity contribution is 0.407. The van der Waals surface area contributed by atoms with Crippen LogP contribution in [0.5, 0.6) is 0 Å². The average molecular weight is 274 g/mol. The van der Waals surface area contributed by atoms with Crippen molar-refractivity contribution in [1.29, 1.82) is 0 Å². The Labute approximate surface area is 115 Å². The van der Waals surface area contributed by atoms with E-state index in [0.717, 1.165) is 12.0 Å². The van der Waals surface area contributed by atoms with Crippen molar-refractivity contribution in [1.82, 2.24) is 5.32 Å². The molecule has 96 valence electrons. The fourth-order valence-corrected chi connectivity index (χ4v) is 2.62. The highest BCUT2D eigenvalue weighted by Crippen LogP contribution is 2.30. The zero-order chi connectivity index (χ0) is 13.0. The number of rotatable bonds is 5.